The normalized spacial score (nSPS) is 21.1. The molecular weight excluding hydrogens is 219 g/mol. The number of rotatable bonds is 2. The van der Waals surface area contributed by atoms with E-state index in [9.17, 15) is 9.50 Å². The Morgan fingerprint density at radius 1 is 1.53 bits per heavy atom. The van der Waals surface area contributed by atoms with Crippen LogP contribution >= 0.6 is 0 Å². The highest BCUT2D eigenvalue weighted by Crippen LogP contribution is 2.16. The van der Waals surface area contributed by atoms with Gasteiger partial charge in [0.15, 0.2) is 0 Å². The summed E-state index contributed by atoms with van der Waals surface area (Å²) in [5, 5.41) is 18.3. The molecule has 1 atom stereocenters. The van der Waals surface area contributed by atoms with Gasteiger partial charge in [-0.3, -0.25) is 4.90 Å². The number of hydrogen-bond donors (Lipinski definition) is 1. The first-order chi connectivity index (χ1) is 8.19. The fraction of sp³-hybridized carbons (Fsp3) is 0.462. The molecule has 1 fully saturated rings. The molecule has 1 unspecified atom stereocenters. The summed E-state index contributed by atoms with van der Waals surface area (Å²) in [5.41, 5.74) is 0.997. The first-order valence-corrected chi connectivity index (χ1v) is 5.78. The molecule has 17 heavy (non-hydrogen) atoms. The minimum atomic E-state index is -0.314. The highest BCUT2D eigenvalue weighted by atomic mass is 19.1. The van der Waals surface area contributed by atoms with Gasteiger partial charge in [0.05, 0.1) is 17.7 Å². The van der Waals surface area contributed by atoms with Gasteiger partial charge in [0.2, 0.25) is 0 Å². The van der Waals surface area contributed by atoms with E-state index in [1.165, 1.54) is 12.1 Å². The van der Waals surface area contributed by atoms with Crippen molar-refractivity contribution in [3.05, 3.63) is 35.1 Å². The number of aliphatic hydroxyl groups excluding tert-OH is 1. The Morgan fingerprint density at radius 3 is 3.06 bits per heavy atom. The minimum Gasteiger partial charge on any atom is -0.392 e. The quantitative estimate of drug-likeness (QED) is 0.846. The molecule has 0 bridgehead atoms. The first kappa shape index (κ1) is 12.0. The van der Waals surface area contributed by atoms with E-state index in [2.05, 4.69) is 0 Å². The van der Waals surface area contributed by atoms with E-state index in [-0.39, 0.29) is 11.9 Å². The molecule has 1 aliphatic rings. The third kappa shape index (κ3) is 3.02. The van der Waals surface area contributed by atoms with Crippen LogP contribution in [0.15, 0.2) is 18.2 Å². The van der Waals surface area contributed by atoms with Crippen molar-refractivity contribution in [2.75, 3.05) is 13.1 Å². The molecule has 0 aromatic heterocycles. The number of β-amino-alcohol motifs (C(OH)–C–C–N with tert-alkyl or cyclic N) is 1. The summed E-state index contributed by atoms with van der Waals surface area (Å²) < 4.78 is 13.6. The van der Waals surface area contributed by atoms with Crippen molar-refractivity contribution in [2.45, 2.75) is 25.5 Å². The summed E-state index contributed by atoms with van der Waals surface area (Å²) in [7, 11) is 0. The Labute approximate surface area is 100 Å². The van der Waals surface area contributed by atoms with Gasteiger partial charge in [-0.15, -0.1) is 0 Å². The molecular formula is C13H15FN2O. The standard InChI is InChI=1S/C13H15FN2O/c14-13-4-3-10(7-15)6-11(13)8-16-5-1-2-12(17)9-16/h3-4,6,12,17H,1-2,5,8-9H2. The van der Waals surface area contributed by atoms with E-state index < -0.39 is 0 Å². The first-order valence-electron chi connectivity index (χ1n) is 5.78. The highest BCUT2D eigenvalue weighted by Gasteiger charge is 2.18. The summed E-state index contributed by atoms with van der Waals surface area (Å²) in [6.45, 7) is 1.90. The van der Waals surface area contributed by atoms with Gasteiger partial charge in [0.25, 0.3) is 0 Å². The van der Waals surface area contributed by atoms with Crippen molar-refractivity contribution >= 4 is 0 Å². The van der Waals surface area contributed by atoms with Gasteiger partial charge in [0.1, 0.15) is 5.82 Å². The summed E-state index contributed by atoms with van der Waals surface area (Å²) in [6, 6.07) is 6.39. The number of nitrogens with zero attached hydrogens (tertiary/aromatic N) is 2. The van der Waals surface area contributed by atoms with Gasteiger partial charge >= 0.3 is 0 Å². The zero-order valence-electron chi connectivity index (χ0n) is 9.56. The Kier molecular flexibility index (Phi) is 3.72. The number of aliphatic hydroxyl groups is 1. The number of hydrogen-bond acceptors (Lipinski definition) is 3. The second-order valence-corrected chi connectivity index (χ2v) is 4.45. The summed E-state index contributed by atoms with van der Waals surface area (Å²) in [5.74, 6) is -0.288. The monoisotopic (exact) mass is 234 g/mol. The maximum Gasteiger partial charge on any atom is 0.127 e. The molecule has 0 spiro atoms. The van der Waals surface area contributed by atoms with E-state index >= 15 is 0 Å². The second-order valence-electron chi connectivity index (χ2n) is 4.45. The number of likely N-dealkylation sites (tertiary alicyclic amines) is 1. The minimum absolute atomic E-state index is 0.288. The smallest absolute Gasteiger partial charge is 0.127 e. The average Bonchev–Trinajstić information content (AvgIpc) is 2.32. The van der Waals surface area contributed by atoms with Gasteiger partial charge in [-0.25, -0.2) is 4.39 Å². The van der Waals surface area contributed by atoms with E-state index in [0.29, 0.717) is 24.2 Å². The highest BCUT2D eigenvalue weighted by molar-refractivity contribution is 5.33. The third-order valence-electron chi connectivity index (χ3n) is 3.05. The van der Waals surface area contributed by atoms with Crippen LogP contribution in [0.25, 0.3) is 0 Å². The van der Waals surface area contributed by atoms with Crippen LogP contribution in [0.2, 0.25) is 0 Å². The van der Waals surface area contributed by atoms with Crippen LogP contribution < -0.4 is 0 Å². The SMILES string of the molecule is N#Cc1ccc(F)c(CN2CCCC(O)C2)c1. The molecule has 90 valence electrons. The molecule has 0 radical (unpaired) electrons. The van der Waals surface area contributed by atoms with Crippen molar-refractivity contribution in [3.8, 4) is 6.07 Å². The van der Waals surface area contributed by atoms with Gasteiger partial charge in [0, 0.05) is 18.7 Å². The molecule has 1 aromatic carbocycles. The van der Waals surface area contributed by atoms with E-state index in [4.69, 9.17) is 5.26 Å². The Balaban J connectivity index is 2.10. The molecule has 4 heteroatoms. The van der Waals surface area contributed by atoms with E-state index in [1.807, 2.05) is 11.0 Å². The molecule has 1 aromatic rings. The van der Waals surface area contributed by atoms with Gasteiger partial charge in [-0.05, 0) is 37.6 Å². The predicted molar refractivity (Wildman–Crippen MR) is 61.6 cm³/mol. The summed E-state index contributed by atoms with van der Waals surface area (Å²) >= 11 is 0. The zero-order valence-corrected chi connectivity index (χ0v) is 9.56. The number of benzene rings is 1. The van der Waals surface area contributed by atoms with Crippen LogP contribution in [-0.4, -0.2) is 29.2 Å². The van der Waals surface area contributed by atoms with E-state index in [1.54, 1.807) is 6.07 Å². The summed E-state index contributed by atoms with van der Waals surface area (Å²) in [4.78, 5) is 2.02. The molecule has 3 nitrogen and oxygen atoms in total. The molecule has 2 rings (SSSR count). The summed E-state index contributed by atoms with van der Waals surface area (Å²) in [6.07, 6.45) is 1.43. The Bertz CT molecular complexity index is 442. The van der Waals surface area contributed by atoms with Crippen molar-refractivity contribution in [2.24, 2.45) is 0 Å². The van der Waals surface area contributed by atoms with Crippen LogP contribution in [0.1, 0.15) is 24.0 Å². The Hall–Kier alpha value is -1.44. The van der Waals surface area contributed by atoms with Crippen molar-refractivity contribution in [1.29, 1.82) is 5.26 Å². The van der Waals surface area contributed by atoms with Gasteiger partial charge in [-0.1, -0.05) is 0 Å². The Morgan fingerprint density at radius 2 is 2.35 bits per heavy atom. The van der Waals surface area contributed by atoms with Crippen molar-refractivity contribution in [3.63, 3.8) is 0 Å². The lowest BCUT2D eigenvalue weighted by atomic mass is 10.1. The lowest BCUT2D eigenvalue weighted by Gasteiger charge is -2.30. The molecule has 0 saturated carbocycles. The van der Waals surface area contributed by atoms with Crippen LogP contribution in [-0.2, 0) is 6.54 Å². The van der Waals surface area contributed by atoms with Crippen molar-refractivity contribution < 1.29 is 9.50 Å². The number of piperidine rings is 1. The second kappa shape index (κ2) is 5.26. The van der Waals surface area contributed by atoms with Crippen LogP contribution in [0, 0.1) is 17.1 Å². The fourth-order valence-electron chi connectivity index (χ4n) is 2.18. The molecule has 1 heterocycles. The van der Waals surface area contributed by atoms with E-state index in [0.717, 1.165) is 19.4 Å². The molecule has 1 N–H and O–H groups in total. The maximum absolute atomic E-state index is 13.6. The number of halogens is 1. The molecule has 0 aliphatic carbocycles. The van der Waals surface area contributed by atoms with Crippen molar-refractivity contribution in [1.82, 2.24) is 4.90 Å². The lowest BCUT2D eigenvalue weighted by Crippen LogP contribution is -2.37. The van der Waals surface area contributed by atoms with Gasteiger partial charge < -0.3 is 5.11 Å². The zero-order chi connectivity index (χ0) is 12.3. The van der Waals surface area contributed by atoms with Crippen LogP contribution in [0.3, 0.4) is 0 Å². The molecule has 0 amide bonds. The van der Waals surface area contributed by atoms with Crippen LogP contribution in [0.5, 0.6) is 0 Å². The molecule has 1 aliphatic heterocycles. The molecule has 1 saturated heterocycles. The lowest BCUT2D eigenvalue weighted by molar-refractivity contribution is 0.0663. The number of nitriles is 1. The largest absolute Gasteiger partial charge is 0.392 e. The maximum atomic E-state index is 13.6. The third-order valence-corrected chi connectivity index (χ3v) is 3.05. The average molecular weight is 234 g/mol. The topological polar surface area (TPSA) is 47.3 Å². The fourth-order valence-corrected chi connectivity index (χ4v) is 2.18. The van der Waals surface area contributed by atoms with Gasteiger partial charge in [-0.2, -0.15) is 5.26 Å². The predicted octanol–water partition coefficient (Wildman–Crippen LogP) is 1.65. The van der Waals surface area contributed by atoms with Crippen LogP contribution in [0.4, 0.5) is 4.39 Å².